The Bertz CT molecular complexity index is 459. The zero-order valence-corrected chi connectivity index (χ0v) is 7.85. The summed E-state index contributed by atoms with van der Waals surface area (Å²) in [6.07, 6.45) is 3.89. The zero-order valence-electron chi connectivity index (χ0n) is 7.85. The quantitative estimate of drug-likeness (QED) is 0.621. The van der Waals surface area contributed by atoms with Gasteiger partial charge in [0, 0.05) is 6.42 Å². The van der Waals surface area contributed by atoms with Gasteiger partial charge in [0.1, 0.15) is 12.2 Å². The maximum absolute atomic E-state index is 4.11. The van der Waals surface area contributed by atoms with Crippen LogP contribution in [0.25, 0.3) is 0 Å². The zero-order chi connectivity index (χ0) is 9.38. The fourth-order valence-corrected chi connectivity index (χ4v) is 1.99. The Labute approximate surface area is 82.4 Å². The van der Waals surface area contributed by atoms with E-state index >= 15 is 0 Å². The second kappa shape index (κ2) is 2.94. The highest BCUT2D eigenvalue weighted by Crippen LogP contribution is 2.17. The van der Waals surface area contributed by atoms with Crippen LogP contribution < -0.4 is 0 Å². The average molecular weight is 185 g/mol. The van der Waals surface area contributed by atoms with Gasteiger partial charge in [-0.1, -0.05) is 24.3 Å². The van der Waals surface area contributed by atoms with E-state index in [1.165, 1.54) is 11.1 Å². The molecule has 0 saturated carbocycles. The maximum Gasteiger partial charge on any atom is 0.133 e. The van der Waals surface area contributed by atoms with E-state index in [9.17, 15) is 0 Å². The summed E-state index contributed by atoms with van der Waals surface area (Å²) in [7, 11) is 0. The van der Waals surface area contributed by atoms with Crippen molar-refractivity contribution in [2.45, 2.75) is 19.4 Å². The van der Waals surface area contributed by atoms with Gasteiger partial charge in [0.05, 0.1) is 6.54 Å². The van der Waals surface area contributed by atoms with Crippen LogP contribution in [0.15, 0.2) is 30.6 Å². The average Bonchev–Trinajstić information content (AvgIpc) is 2.58. The maximum atomic E-state index is 4.11. The summed E-state index contributed by atoms with van der Waals surface area (Å²) >= 11 is 0. The molecule has 70 valence electrons. The summed E-state index contributed by atoms with van der Waals surface area (Å²) < 4.78 is 2.13. The molecule has 0 spiro atoms. The first-order chi connectivity index (χ1) is 6.93. The number of fused-ring (bicyclic) bond motifs is 2. The van der Waals surface area contributed by atoms with Gasteiger partial charge in [-0.25, -0.2) is 0 Å². The Balaban J connectivity index is 2.10. The smallest absolute Gasteiger partial charge is 0.133 e. The molecule has 2 heterocycles. The first-order valence-electron chi connectivity index (χ1n) is 4.87. The van der Waals surface area contributed by atoms with Crippen LogP contribution in [0.3, 0.4) is 0 Å². The predicted molar refractivity (Wildman–Crippen MR) is 53.0 cm³/mol. The monoisotopic (exact) mass is 185 g/mol. The van der Waals surface area contributed by atoms with Crippen molar-refractivity contribution in [2.24, 2.45) is 0 Å². The number of aryl methyl sites for hydroxylation is 2. The third-order valence-electron chi connectivity index (χ3n) is 2.77. The van der Waals surface area contributed by atoms with E-state index in [1.807, 2.05) is 6.33 Å². The lowest BCUT2D eigenvalue weighted by Crippen LogP contribution is -2.00. The standard InChI is InChI=1S/C11H11N3/c1-2-4-10-7-14-8-12-13-11(14)6-5-9(10)3-1/h1-4,8H,5-7H2. The predicted octanol–water partition coefficient (Wildman–Crippen LogP) is 1.42. The lowest BCUT2D eigenvalue weighted by Gasteiger charge is -2.04. The van der Waals surface area contributed by atoms with E-state index in [2.05, 4.69) is 39.0 Å². The molecule has 14 heavy (non-hydrogen) atoms. The van der Waals surface area contributed by atoms with E-state index in [-0.39, 0.29) is 0 Å². The second-order valence-corrected chi connectivity index (χ2v) is 3.64. The molecule has 0 atom stereocenters. The third-order valence-corrected chi connectivity index (χ3v) is 2.77. The van der Waals surface area contributed by atoms with Crippen LogP contribution in [0.1, 0.15) is 17.0 Å². The fraction of sp³-hybridized carbons (Fsp3) is 0.273. The third kappa shape index (κ3) is 1.13. The minimum atomic E-state index is 0.915. The molecule has 0 N–H and O–H groups in total. The van der Waals surface area contributed by atoms with Gasteiger partial charge in [-0.3, -0.25) is 0 Å². The van der Waals surface area contributed by atoms with Gasteiger partial charge in [-0.2, -0.15) is 0 Å². The minimum absolute atomic E-state index is 0.915. The van der Waals surface area contributed by atoms with E-state index in [0.717, 1.165) is 25.2 Å². The Morgan fingerprint density at radius 2 is 1.93 bits per heavy atom. The van der Waals surface area contributed by atoms with E-state index < -0.39 is 0 Å². The highest BCUT2D eigenvalue weighted by molar-refractivity contribution is 5.29. The number of nitrogens with zero attached hydrogens (tertiary/aromatic N) is 3. The first-order valence-corrected chi connectivity index (χ1v) is 4.87. The Morgan fingerprint density at radius 3 is 2.86 bits per heavy atom. The van der Waals surface area contributed by atoms with Crippen LogP contribution in [0.5, 0.6) is 0 Å². The van der Waals surface area contributed by atoms with Crippen LogP contribution >= 0.6 is 0 Å². The van der Waals surface area contributed by atoms with Crippen LogP contribution in [0.4, 0.5) is 0 Å². The van der Waals surface area contributed by atoms with Crippen LogP contribution in [0.2, 0.25) is 0 Å². The lowest BCUT2D eigenvalue weighted by molar-refractivity contribution is 0.744. The van der Waals surface area contributed by atoms with Crippen molar-refractivity contribution in [3.63, 3.8) is 0 Å². The Morgan fingerprint density at radius 1 is 1.07 bits per heavy atom. The van der Waals surface area contributed by atoms with Crippen LogP contribution in [0, 0.1) is 0 Å². The molecule has 0 aliphatic carbocycles. The molecule has 1 aliphatic rings. The van der Waals surface area contributed by atoms with Gasteiger partial charge in [0.25, 0.3) is 0 Å². The molecule has 1 aromatic carbocycles. The normalized spacial score (nSPS) is 14.3. The summed E-state index contributed by atoms with van der Waals surface area (Å²) in [5.41, 5.74) is 2.84. The molecular weight excluding hydrogens is 174 g/mol. The van der Waals surface area contributed by atoms with Gasteiger partial charge < -0.3 is 4.57 Å². The highest BCUT2D eigenvalue weighted by Gasteiger charge is 2.12. The molecule has 0 amide bonds. The van der Waals surface area contributed by atoms with Crippen molar-refractivity contribution in [1.29, 1.82) is 0 Å². The highest BCUT2D eigenvalue weighted by atomic mass is 15.3. The molecule has 3 heteroatoms. The van der Waals surface area contributed by atoms with Crippen molar-refractivity contribution >= 4 is 0 Å². The summed E-state index contributed by atoms with van der Waals surface area (Å²) in [4.78, 5) is 0. The van der Waals surface area contributed by atoms with Crippen LogP contribution in [-0.4, -0.2) is 14.8 Å². The van der Waals surface area contributed by atoms with Gasteiger partial charge in [-0.15, -0.1) is 10.2 Å². The summed E-state index contributed by atoms with van der Waals surface area (Å²) in [6.45, 7) is 0.915. The SMILES string of the molecule is c1ccc2c(c1)CCc1nncn1C2. The number of rotatable bonds is 0. The topological polar surface area (TPSA) is 30.7 Å². The molecule has 2 aromatic rings. The number of hydrogen-bond acceptors (Lipinski definition) is 2. The largest absolute Gasteiger partial charge is 0.313 e. The first kappa shape index (κ1) is 7.74. The van der Waals surface area contributed by atoms with E-state index in [4.69, 9.17) is 0 Å². The number of hydrogen-bond donors (Lipinski definition) is 0. The molecule has 1 aliphatic heterocycles. The summed E-state index contributed by atoms with van der Waals surface area (Å²) in [6, 6.07) is 8.58. The molecule has 0 unspecified atom stereocenters. The molecule has 3 nitrogen and oxygen atoms in total. The van der Waals surface area contributed by atoms with Gasteiger partial charge in [0.2, 0.25) is 0 Å². The van der Waals surface area contributed by atoms with Crippen molar-refractivity contribution in [3.8, 4) is 0 Å². The number of aromatic nitrogens is 3. The molecular formula is C11H11N3. The summed E-state index contributed by atoms with van der Waals surface area (Å²) in [5.74, 6) is 1.10. The Kier molecular flexibility index (Phi) is 1.63. The van der Waals surface area contributed by atoms with Crippen LogP contribution in [-0.2, 0) is 19.4 Å². The second-order valence-electron chi connectivity index (χ2n) is 3.64. The van der Waals surface area contributed by atoms with E-state index in [0.29, 0.717) is 0 Å². The van der Waals surface area contributed by atoms with Crippen molar-refractivity contribution in [1.82, 2.24) is 14.8 Å². The molecule has 0 bridgehead atoms. The fourth-order valence-electron chi connectivity index (χ4n) is 1.99. The summed E-state index contributed by atoms with van der Waals surface area (Å²) in [5, 5.41) is 8.04. The van der Waals surface area contributed by atoms with Gasteiger partial charge >= 0.3 is 0 Å². The molecule has 3 rings (SSSR count). The molecule has 0 saturated heterocycles. The lowest BCUT2D eigenvalue weighted by atomic mass is 10.0. The Hall–Kier alpha value is -1.64. The van der Waals surface area contributed by atoms with Gasteiger partial charge in [-0.05, 0) is 17.5 Å². The number of benzene rings is 1. The molecule has 0 fully saturated rings. The van der Waals surface area contributed by atoms with Gasteiger partial charge in [0.15, 0.2) is 0 Å². The molecule has 1 aromatic heterocycles. The van der Waals surface area contributed by atoms with E-state index in [1.54, 1.807) is 0 Å². The molecule has 0 radical (unpaired) electrons. The van der Waals surface area contributed by atoms with Crippen molar-refractivity contribution < 1.29 is 0 Å². The van der Waals surface area contributed by atoms with Crippen molar-refractivity contribution in [2.75, 3.05) is 0 Å². The minimum Gasteiger partial charge on any atom is -0.313 e. The van der Waals surface area contributed by atoms with Crippen molar-refractivity contribution in [3.05, 3.63) is 47.5 Å².